The molecule has 0 aliphatic carbocycles. The van der Waals surface area contributed by atoms with Crippen molar-refractivity contribution in [3.63, 3.8) is 0 Å². The summed E-state index contributed by atoms with van der Waals surface area (Å²) >= 11 is 0. The lowest BCUT2D eigenvalue weighted by molar-refractivity contribution is 0.148. The average Bonchev–Trinajstić information content (AvgIpc) is 2.63. The van der Waals surface area contributed by atoms with E-state index < -0.39 is 0 Å². The second-order valence-corrected chi connectivity index (χ2v) is 8.89. The number of nitrogens with one attached hydrogen (secondary N) is 1. The fourth-order valence-corrected chi connectivity index (χ4v) is 3.84. The molecular formula is C24H51NO. The van der Waals surface area contributed by atoms with E-state index in [1.165, 1.54) is 116 Å². The van der Waals surface area contributed by atoms with Gasteiger partial charge in [-0.15, -0.1) is 0 Å². The lowest BCUT2D eigenvalue weighted by atomic mass is 9.93. The topological polar surface area (TPSA) is 32.3 Å². The summed E-state index contributed by atoms with van der Waals surface area (Å²) in [7, 11) is 0. The molecular weight excluding hydrogens is 318 g/mol. The van der Waals surface area contributed by atoms with Crippen molar-refractivity contribution >= 4 is 0 Å². The highest BCUT2D eigenvalue weighted by atomic mass is 16.5. The predicted octanol–water partition coefficient (Wildman–Crippen LogP) is 8.28. The Balaban J connectivity index is 3.15. The van der Waals surface area contributed by atoms with E-state index in [-0.39, 0.29) is 0 Å². The zero-order valence-corrected chi connectivity index (χ0v) is 18.5. The largest absolute Gasteiger partial charge is 0.317 e. The normalized spacial score (nSPS) is 13.8. The molecule has 0 saturated carbocycles. The molecule has 2 N–H and O–H groups in total. The van der Waals surface area contributed by atoms with Crippen molar-refractivity contribution < 1.29 is 5.21 Å². The number of hydrogen-bond donors (Lipinski definition) is 2. The lowest BCUT2D eigenvalue weighted by Crippen LogP contribution is -2.17. The molecule has 0 spiro atoms. The quantitative estimate of drug-likeness (QED) is 0.157. The Kier molecular flexibility index (Phi) is 21.2. The first-order valence-electron chi connectivity index (χ1n) is 12.1. The zero-order valence-electron chi connectivity index (χ0n) is 18.5. The van der Waals surface area contributed by atoms with E-state index in [1.54, 1.807) is 0 Å². The Morgan fingerprint density at radius 2 is 0.923 bits per heavy atom. The molecule has 0 amide bonds. The number of rotatable bonds is 21. The summed E-state index contributed by atoms with van der Waals surface area (Å²) in [6.45, 7) is 7.62. The van der Waals surface area contributed by atoms with Crippen LogP contribution in [0.15, 0.2) is 0 Å². The van der Waals surface area contributed by atoms with Gasteiger partial charge in [0, 0.05) is 6.54 Å². The lowest BCUT2D eigenvalue weighted by Gasteiger charge is -2.14. The van der Waals surface area contributed by atoms with Gasteiger partial charge in [0.1, 0.15) is 0 Å². The van der Waals surface area contributed by atoms with Gasteiger partial charge in [-0.2, -0.15) is 0 Å². The molecule has 0 heterocycles. The summed E-state index contributed by atoms with van der Waals surface area (Å²) in [6, 6.07) is 0. The summed E-state index contributed by atoms with van der Waals surface area (Å²) in [6.07, 6.45) is 25.6. The van der Waals surface area contributed by atoms with Crippen LogP contribution in [0.3, 0.4) is 0 Å². The molecule has 0 radical (unpaired) electrons. The van der Waals surface area contributed by atoms with Crippen molar-refractivity contribution in [2.45, 2.75) is 136 Å². The van der Waals surface area contributed by atoms with E-state index in [1.807, 2.05) is 0 Å². The van der Waals surface area contributed by atoms with E-state index in [0.717, 1.165) is 12.5 Å². The van der Waals surface area contributed by atoms with E-state index in [0.29, 0.717) is 5.92 Å². The molecule has 0 aliphatic rings. The fraction of sp³-hybridized carbons (Fsp3) is 1.00. The second-order valence-electron chi connectivity index (χ2n) is 8.89. The molecule has 0 aliphatic heterocycles. The van der Waals surface area contributed by atoms with Crippen LogP contribution < -0.4 is 5.48 Å². The van der Waals surface area contributed by atoms with Gasteiger partial charge in [-0.3, -0.25) is 0 Å². The van der Waals surface area contributed by atoms with Crippen LogP contribution in [0.25, 0.3) is 0 Å². The molecule has 2 heteroatoms. The molecule has 158 valence electrons. The summed E-state index contributed by atoms with van der Waals surface area (Å²) < 4.78 is 0. The highest BCUT2D eigenvalue weighted by Crippen LogP contribution is 2.19. The van der Waals surface area contributed by atoms with E-state index in [2.05, 4.69) is 26.3 Å². The second kappa shape index (κ2) is 21.2. The van der Waals surface area contributed by atoms with Crippen LogP contribution in [-0.4, -0.2) is 11.8 Å². The van der Waals surface area contributed by atoms with Crippen LogP contribution in [0.2, 0.25) is 0 Å². The van der Waals surface area contributed by atoms with Crippen molar-refractivity contribution in [2.24, 2.45) is 11.8 Å². The molecule has 2 atom stereocenters. The molecule has 0 aromatic heterocycles. The van der Waals surface area contributed by atoms with E-state index in [4.69, 9.17) is 5.21 Å². The first-order chi connectivity index (χ1) is 12.7. The Labute approximate surface area is 165 Å². The number of unbranched alkanes of at least 4 members (excludes halogenated alkanes) is 14. The number of hydrogen-bond acceptors (Lipinski definition) is 2. The monoisotopic (exact) mass is 369 g/mol. The molecule has 0 saturated heterocycles. The molecule has 0 fully saturated rings. The molecule has 2 nitrogen and oxygen atoms in total. The van der Waals surface area contributed by atoms with Crippen LogP contribution >= 0.6 is 0 Å². The van der Waals surface area contributed by atoms with E-state index >= 15 is 0 Å². The van der Waals surface area contributed by atoms with Crippen LogP contribution in [0.5, 0.6) is 0 Å². The maximum absolute atomic E-state index is 8.70. The van der Waals surface area contributed by atoms with Gasteiger partial charge in [0.2, 0.25) is 0 Å². The molecule has 0 rings (SSSR count). The van der Waals surface area contributed by atoms with E-state index in [9.17, 15) is 0 Å². The van der Waals surface area contributed by atoms with Gasteiger partial charge in [-0.25, -0.2) is 5.48 Å². The fourth-order valence-electron chi connectivity index (χ4n) is 3.84. The minimum absolute atomic E-state index is 0.587. The molecule has 0 aromatic rings. The van der Waals surface area contributed by atoms with Crippen LogP contribution in [-0.2, 0) is 0 Å². The maximum Gasteiger partial charge on any atom is 0.0233 e. The van der Waals surface area contributed by atoms with Crippen LogP contribution in [0.1, 0.15) is 136 Å². The summed E-state index contributed by atoms with van der Waals surface area (Å²) in [5.41, 5.74) is 2.29. The smallest absolute Gasteiger partial charge is 0.0233 e. The summed E-state index contributed by atoms with van der Waals surface area (Å²) in [4.78, 5) is 0. The third kappa shape index (κ3) is 20.2. The first kappa shape index (κ1) is 25.9. The van der Waals surface area contributed by atoms with Gasteiger partial charge in [-0.05, 0) is 18.3 Å². The molecule has 0 bridgehead atoms. The van der Waals surface area contributed by atoms with Gasteiger partial charge in [0.05, 0.1) is 0 Å². The van der Waals surface area contributed by atoms with Gasteiger partial charge in [0.25, 0.3) is 0 Å². The Hall–Kier alpha value is -0.0800. The predicted molar refractivity (Wildman–Crippen MR) is 117 cm³/mol. The molecule has 26 heavy (non-hydrogen) atoms. The first-order valence-corrected chi connectivity index (χ1v) is 12.1. The summed E-state index contributed by atoms with van der Waals surface area (Å²) in [5, 5.41) is 8.70. The van der Waals surface area contributed by atoms with Crippen molar-refractivity contribution in [1.29, 1.82) is 0 Å². The maximum atomic E-state index is 8.70. The number of hydroxylamine groups is 1. The Bertz CT molecular complexity index is 257. The van der Waals surface area contributed by atoms with Crippen LogP contribution in [0.4, 0.5) is 0 Å². The highest BCUT2D eigenvalue weighted by Gasteiger charge is 2.06. The minimum Gasteiger partial charge on any atom is -0.317 e. The minimum atomic E-state index is 0.587. The zero-order chi connectivity index (χ0) is 19.3. The van der Waals surface area contributed by atoms with Gasteiger partial charge in [-0.1, -0.05) is 130 Å². The van der Waals surface area contributed by atoms with Crippen molar-refractivity contribution in [1.82, 2.24) is 5.48 Å². The third-order valence-electron chi connectivity index (χ3n) is 5.89. The van der Waals surface area contributed by atoms with Crippen molar-refractivity contribution in [3.8, 4) is 0 Å². The van der Waals surface area contributed by atoms with Gasteiger partial charge in [0.15, 0.2) is 0 Å². The highest BCUT2D eigenvalue weighted by molar-refractivity contribution is 4.59. The Morgan fingerprint density at radius 3 is 1.35 bits per heavy atom. The SMILES string of the molecule is CCCCCCCCCCCCCCCCCC(C)CCC(C)CNO. The van der Waals surface area contributed by atoms with Gasteiger partial charge < -0.3 is 5.21 Å². The molecule has 0 aromatic carbocycles. The Morgan fingerprint density at radius 1 is 0.538 bits per heavy atom. The van der Waals surface area contributed by atoms with Crippen molar-refractivity contribution in [3.05, 3.63) is 0 Å². The van der Waals surface area contributed by atoms with Crippen molar-refractivity contribution in [2.75, 3.05) is 6.54 Å². The summed E-state index contributed by atoms with van der Waals surface area (Å²) in [5.74, 6) is 1.43. The average molecular weight is 370 g/mol. The molecule has 2 unspecified atom stereocenters. The van der Waals surface area contributed by atoms with Gasteiger partial charge >= 0.3 is 0 Å². The van der Waals surface area contributed by atoms with Crippen LogP contribution in [0, 0.1) is 11.8 Å². The third-order valence-corrected chi connectivity index (χ3v) is 5.89. The standard InChI is InChI=1S/C24H51NO/c1-4-5-6-7-8-9-10-11-12-13-14-15-16-17-18-19-23(2)20-21-24(3)22-25-26/h23-26H,4-22H2,1-3H3.